The van der Waals surface area contributed by atoms with Crippen LogP contribution in [0.3, 0.4) is 0 Å². The van der Waals surface area contributed by atoms with E-state index in [0.29, 0.717) is 11.6 Å². The summed E-state index contributed by atoms with van der Waals surface area (Å²) in [5.74, 6) is 0.819. The third-order valence-electron chi connectivity index (χ3n) is 3.37. The van der Waals surface area contributed by atoms with E-state index in [1.54, 1.807) is 12.3 Å². The predicted octanol–water partition coefficient (Wildman–Crippen LogP) is 4.12. The molecule has 0 spiro atoms. The highest BCUT2D eigenvalue weighted by atomic mass is 35.5. The molecule has 0 aliphatic rings. The van der Waals surface area contributed by atoms with Crippen LogP contribution in [-0.2, 0) is 6.42 Å². The molecule has 3 aromatic rings. The van der Waals surface area contributed by atoms with Crippen LogP contribution >= 0.6 is 11.6 Å². The highest BCUT2D eigenvalue weighted by Crippen LogP contribution is 2.27. The van der Waals surface area contributed by atoms with Crippen LogP contribution < -0.4 is 4.74 Å². The van der Waals surface area contributed by atoms with Crippen LogP contribution in [0.2, 0.25) is 5.02 Å². The minimum absolute atomic E-state index is 0.268. The highest BCUT2D eigenvalue weighted by Gasteiger charge is 2.14. The fraction of sp³-hybridized carbons (Fsp3) is 0.176. The van der Waals surface area contributed by atoms with Gasteiger partial charge in [0.25, 0.3) is 0 Å². The summed E-state index contributed by atoms with van der Waals surface area (Å²) in [6.45, 7) is 2.58. The van der Waals surface area contributed by atoms with Gasteiger partial charge in [0.1, 0.15) is 11.4 Å². The average molecular weight is 312 g/mol. The second kappa shape index (κ2) is 6.08. The number of halogens is 1. The van der Waals surface area contributed by atoms with E-state index >= 15 is 0 Å². The van der Waals surface area contributed by atoms with Crippen molar-refractivity contribution in [2.45, 2.75) is 13.3 Å². The average Bonchev–Trinajstić information content (AvgIpc) is 2.87. The van der Waals surface area contributed by atoms with Gasteiger partial charge < -0.3 is 9.14 Å². The van der Waals surface area contributed by atoms with Gasteiger partial charge in [-0.25, -0.2) is 4.98 Å². The number of hydrogen-bond acceptors (Lipinski definition) is 3. The summed E-state index contributed by atoms with van der Waals surface area (Å²) in [4.78, 5) is 4.63. The van der Waals surface area contributed by atoms with E-state index in [1.165, 1.54) is 0 Å². The zero-order chi connectivity index (χ0) is 15.5. The van der Waals surface area contributed by atoms with Crippen LogP contribution in [0.1, 0.15) is 12.6 Å². The molecule has 2 heterocycles. The Kier molecular flexibility index (Phi) is 3.99. The summed E-state index contributed by atoms with van der Waals surface area (Å²) >= 11 is 6.05. The molecule has 0 saturated heterocycles. The standard InChI is InChI=1S/C17H14ClN3O/c1-2-22-14-6-3-12(4-7-14)17-15(9-10-19)21-11-13(18)5-8-16(21)20-17/h3-8,11H,2,9H2,1H3. The van der Waals surface area contributed by atoms with Gasteiger partial charge in [0.05, 0.1) is 35.5 Å². The van der Waals surface area contributed by atoms with Crippen LogP contribution in [0.5, 0.6) is 5.75 Å². The predicted molar refractivity (Wildman–Crippen MR) is 86.1 cm³/mol. The van der Waals surface area contributed by atoms with Crippen molar-refractivity contribution < 1.29 is 4.74 Å². The van der Waals surface area contributed by atoms with Crippen molar-refractivity contribution in [3.05, 3.63) is 53.3 Å². The molecule has 0 fully saturated rings. The lowest BCUT2D eigenvalue weighted by Gasteiger charge is -2.05. The van der Waals surface area contributed by atoms with Gasteiger partial charge in [-0.05, 0) is 43.3 Å². The maximum absolute atomic E-state index is 9.11. The van der Waals surface area contributed by atoms with Gasteiger partial charge in [0.15, 0.2) is 0 Å². The number of nitriles is 1. The minimum Gasteiger partial charge on any atom is -0.494 e. The number of ether oxygens (including phenoxy) is 1. The molecule has 4 nitrogen and oxygen atoms in total. The Balaban J connectivity index is 2.13. The van der Waals surface area contributed by atoms with Gasteiger partial charge >= 0.3 is 0 Å². The van der Waals surface area contributed by atoms with Crippen molar-refractivity contribution in [1.29, 1.82) is 5.26 Å². The van der Waals surface area contributed by atoms with Crippen LogP contribution in [-0.4, -0.2) is 16.0 Å². The van der Waals surface area contributed by atoms with E-state index in [9.17, 15) is 0 Å². The Morgan fingerprint density at radius 1 is 1.23 bits per heavy atom. The zero-order valence-corrected chi connectivity index (χ0v) is 12.8. The molecule has 0 bridgehead atoms. The summed E-state index contributed by atoms with van der Waals surface area (Å²) in [6, 6.07) is 13.6. The molecule has 5 heteroatoms. The number of aromatic nitrogens is 2. The van der Waals surface area contributed by atoms with E-state index in [2.05, 4.69) is 11.1 Å². The van der Waals surface area contributed by atoms with E-state index in [1.807, 2.05) is 41.7 Å². The van der Waals surface area contributed by atoms with Gasteiger partial charge in [0.2, 0.25) is 0 Å². The lowest BCUT2D eigenvalue weighted by atomic mass is 10.1. The second-order valence-electron chi connectivity index (χ2n) is 4.77. The van der Waals surface area contributed by atoms with Crippen LogP contribution in [0.25, 0.3) is 16.9 Å². The molecule has 0 saturated carbocycles. The van der Waals surface area contributed by atoms with Gasteiger partial charge in [-0.2, -0.15) is 5.26 Å². The lowest BCUT2D eigenvalue weighted by molar-refractivity contribution is 0.340. The van der Waals surface area contributed by atoms with Crippen molar-refractivity contribution in [3.63, 3.8) is 0 Å². The first-order valence-corrected chi connectivity index (χ1v) is 7.37. The van der Waals surface area contributed by atoms with Gasteiger partial charge in [-0.1, -0.05) is 11.6 Å². The largest absolute Gasteiger partial charge is 0.494 e. The van der Waals surface area contributed by atoms with E-state index in [4.69, 9.17) is 21.6 Å². The number of hydrogen-bond donors (Lipinski definition) is 0. The minimum atomic E-state index is 0.268. The summed E-state index contributed by atoms with van der Waals surface area (Å²) in [6.07, 6.45) is 2.05. The molecule has 0 unspecified atom stereocenters. The molecule has 0 radical (unpaired) electrons. The number of rotatable bonds is 4. The summed E-state index contributed by atoms with van der Waals surface area (Å²) in [7, 11) is 0. The van der Waals surface area contributed by atoms with Crippen LogP contribution in [0.4, 0.5) is 0 Å². The Hall–Kier alpha value is -2.51. The maximum Gasteiger partial charge on any atom is 0.137 e. The van der Waals surface area contributed by atoms with Gasteiger partial charge in [-0.3, -0.25) is 0 Å². The van der Waals surface area contributed by atoms with Crippen molar-refractivity contribution in [2.75, 3.05) is 6.61 Å². The molecule has 3 rings (SSSR count). The number of benzene rings is 1. The topological polar surface area (TPSA) is 50.3 Å². The quantitative estimate of drug-likeness (QED) is 0.728. The first kappa shape index (κ1) is 14.4. The Morgan fingerprint density at radius 3 is 2.68 bits per heavy atom. The van der Waals surface area contributed by atoms with Crippen molar-refractivity contribution in [2.24, 2.45) is 0 Å². The molecule has 0 amide bonds. The Morgan fingerprint density at radius 2 is 2.00 bits per heavy atom. The number of fused-ring (bicyclic) bond motifs is 1. The normalized spacial score (nSPS) is 10.6. The first-order valence-electron chi connectivity index (χ1n) is 6.99. The molecule has 0 aliphatic heterocycles. The van der Waals surface area contributed by atoms with E-state index < -0.39 is 0 Å². The van der Waals surface area contributed by atoms with E-state index in [0.717, 1.165) is 28.3 Å². The van der Waals surface area contributed by atoms with Crippen molar-refractivity contribution in [1.82, 2.24) is 9.38 Å². The number of nitrogens with zero attached hydrogens (tertiary/aromatic N) is 3. The summed E-state index contributed by atoms with van der Waals surface area (Å²) in [5.41, 5.74) is 3.36. The van der Waals surface area contributed by atoms with Crippen LogP contribution in [0.15, 0.2) is 42.6 Å². The first-order chi connectivity index (χ1) is 10.7. The highest BCUT2D eigenvalue weighted by molar-refractivity contribution is 6.30. The second-order valence-corrected chi connectivity index (χ2v) is 5.21. The Bertz CT molecular complexity index is 847. The molecule has 22 heavy (non-hydrogen) atoms. The van der Waals surface area contributed by atoms with Gasteiger partial charge in [-0.15, -0.1) is 0 Å². The SMILES string of the molecule is CCOc1ccc(-c2nc3ccc(Cl)cn3c2CC#N)cc1. The molecule has 0 aliphatic carbocycles. The van der Waals surface area contributed by atoms with Crippen molar-refractivity contribution in [3.8, 4) is 23.1 Å². The van der Waals surface area contributed by atoms with E-state index in [-0.39, 0.29) is 6.42 Å². The third-order valence-corrected chi connectivity index (χ3v) is 3.59. The molecule has 2 aromatic heterocycles. The molecule has 1 aromatic carbocycles. The lowest BCUT2D eigenvalue weighted by Crippen LogP contribution is -1.94. The van der Waals surface area contributed by atoms with Gasteiger partial charge in [0, 0.05) is 11.8 Å². The smallest absolute Gasteiger partial charge is 0.137 e. The zero-order valence-electron chi connectivity index (χ0n) is 12.1. The molecule has 110 valence electrons. The fourth-order valence-corrected chi connectivity index (χ4v) is 2.58. The molecule has 0 N–H and O–H groups in total. The fourth-order valence-electron chi connectivity index (χ4n) is 2.42. The molecular formula is C17H14ClN3O. The van der Waals surface area contributed by atoms with Crippen molar-refractivity contribution >= 4 is 17.2 Å². The van der Waals surface area contributed by atoms with Crippen LogP contribution in [0, 0.1) is 11.3 Å². The number of pyridine rings is 1. The molecule has 0 atom stereocenters. The number of imidazole rings is 1. The maximum atomic E-state index is 9.11. The molecular weight excluding hydrogens is 298 g/mol. The summed E-state index contributed by atoms with van der Waals surface area (Å²) < 4.78 is 7.33. The monoisotopic (exact) mass is 311 g/mol. The summed E-state index contributed by atoms with van der Waals surface area (Å²) in [5, 5.41) is 9.72. The Labute approximate surface area is 133 Å². The third kappa shape index (κ3) is 2.63.